The van der Waals surface area contributed by atoms with E-state index < -0.39 is 0 Å². The first kappa shape index (κ1) is 23.4. The van der Waals surface area contributed by atoms with Crippen LogP contribution in [0.5, 0.6) is 17.2 Å². The smallest absolute Gasteiger partial charge is 0.254 e. The monoisotopic (exact) mass is 462 g/mol. The lowest BCUT2D eigenvalue weighted by Gasteiger charge is -2.35. The topological polar surface area (TPSA) is 77.0 Å². The number of hydrogen-bond acceptors (Lipinski definition) is 7. The van der Waals surface area contributed by atoms with Crippen LogP contribution in [0.15, 0.2) is 54.6 Å². The molecule has 8 nitrogen and oxygen atoms in total. The first-order chi connectivity index (χ1) is 16.6. The number of carbonyl (C=O) groups is 1. The molecule has 0 unspecified atom stereocenters. The fourth-order valence-corrected chi connectivity index (χ4v) is 3.91. The Labute approximate surface area is 200 Å². The zero-order chi connectivity index (χ0) is 23.9. The van der Waals surface area contributed by atoms with Crippen molar-refractivity contribution in [3.8, 4) is 28.5 Å². The van der Waals surface area contributed by atoms with Crippen molar-refractivity contribution in [3.05, 3.63) is 60.2 Å². The Morgan fingerprint density at radius 1 is 0.853 bits per heavy atom. The lowest BCUT2D eigenvalue weighted by Crippen LogP contribution is -2.49. The van der Waals surface area contributed by atoms with Gasteiger partial charge >= 0.3 is 0 Å². The van der Waals surface area contributed by atoms with Gasteiger partial charge in [-0.3, -0.25) is 4.79 Å². The van der Waals surface area contributed by atoms with E-state index in [0.29, 0.717) is 56.5 Å². The summed E-state index contributed by atoms with van der Waals surface area (Å²) < 4.78 is 16.5. The quantitative estimate of drug-likeness (QED) is 0.502. The van der Waals surface area contributed by atoms with E-state index in [1.165, 1.54) is 0 Å². The molecule has 0 bridgehead atoms. The number of rotatable bonds is 8. The van der Waals surface area contributed by atoms with Crippen molar-refractivity contribution < 1.29 is 19.0 Å². The molecule has 1 fully saturated rings. The Hall–Kier alpha value is -3.81. The van der Waals surface area contributed by atoms with Gasteiger partial charge in [0.25, 0.3) is 5.91 Å². The molecule has 34 heavy (non-hydrogen) atoms. The molecule has 2 heterocycles. The summed E-state index contributed by atoms with van der Waals surface area (Å²) in [6.07, 6.45) is 0. The Kier molecular flexibility index (Phi) is 7.47. The van der Waals surface area contributed by atoms with Crippen LogP contribution in [0, 0.1) is 0 Å². The number of piperazine rings is 1. The van der Waals surface area contributed by atoms with Gasteiger partial charge in [-0.05, 0) is 68.4 Å². The van der Waals surface area contributed by atoms with Gasteiger partial charge in [0.1, 0.15) is 5.75 Å². The maximum Gasteiger partial charge on any atom is 0.254 e. The van der Waals surface area contributed by atoms with E-state index in [1.807, 2.05) is 55.1 Å². The van der Waals surface area contributed by atoms with Crippen LogP contribution in [0.3, 0.4) is 0 Å². The van der Waals surface area contributed by atoms with Crippen molar-refractivity contribution in [1.82, 2.24) is 15.1 Å². The van der Waals surface area contributed by atoms with E-state index in [9.17, 15) is 4.79 Å². The predicted molar refractivity (Wildman–Crippen MR) is 131 cm³/mol. The van der Waals surface area contributed by atoms with Crippen molar-refractivity contribution in [1.29, 1.82) is 0 Å². The largest absolute Gasteiger partial charge is 0.497 e. The second-order valence-corrected chi connectivity index (χ2v) is 7.81. The lowest BCUT2D eigenvalue weighted by molar-refractivity contribution is 0.0746. The minimum Gasteiger partial charge on any atom is -0.497 e. The van der Waals surface area contributed by atoms with E-state index in [-0.39, 0.29) is 5.91 Å². The number of anilines is 1. The van der Waals surface area contributed by atoms with E-state index >= 15 is 0 Å². The molecule has 1 aliphatic rings. The molecular weight excluding hydrogens is 432 g/mol. The number of amides is 1. The molecule has 1 saturated heterocycles. The number of hydrogen-bond donors (Lipinski definition) is 0. The summed E-state index contributed by atoms with van der Waals surface area (Å²) in [5.41, 5.74) is 2.39. The standard InChI is InChI=1S/C26H30N4O4/c1-4-33-23-12-8-20(18-24(23)34-5-2)26(31)30-16-14-29(15-17-30)25-13-11-22(27-28-25)19-6-9-21(32-3)10-7-19/h6-13,18H,4-5,14-17H2,1-3H3. The van der Waals surface area contributed by atoms with Crippen LogP contribution in [-0.4, -0.2) is 67.5 Å². The number of methoxy groups -OCH3 is 1. The maximum absolute atomic E-state index is 13.1. The molecule has 1 aromatic heterocycles. The summed E-state index contributed by atoms with van der Waals surface area (Å²) in [5.74, 6) is 2.86. The second kappa shape index (κ2) is 10.9. The highest BCUT2D eigenvalue weighted by Crippen LogP contribution is 2.29. The molecule has 0 aliphatic carbocycles. The van der Waals surface area contributed by atoms with E-state index in [4.69, 9.17) is 14.2 Å². The van der Waals surface area contributed by atoms with Crippen molar-refractivity contribution in [2.45, 2.75) is 13.8 Å². The van der Waals surface area contributed by atoms with E-state index in [0.717, 1.165) is 22.8 Å². The van der Waals surface area contributed by atoms with Gasteiger partial charge in [-0.25, -0.2) is 0 Å². The molecule has 0 radical (unpaired) electrons. The molecule has 1 amide bonds. The van der Waals surface area contributed by atoms with Crippen LogP contribution >= 0.6 is 0 Å². The summed E-state index contributed by atoms with van der Waals surface area (Å²) in [6, 6.07) is 17.1. The summed E-state index contributed by atoms with van der Waals surface area (Å²) in [6.45, 7) is 7.49. The fraction of sp³-hybridized carbons (Fsp3) is 0.346. The van der Waals surface area contributed by atoms with Crippen LogP contribution < -0.4 is 19.1 Å². The molecule has 3 aromatic rings. The van der Waals surface area contributed by atoms with Gasteiger partial charge in [-0.1, -0.05) is 0 Å². The van der Waals surface area contributed by atoms with Crippen molar-refractivity contribution >= 4 is 11.7 Å². The molecular formula is C26H30N4O4. The van der Waals surface area contributed by atoms with Crippen LogP contribution in [-0.2, 0) is 0 Å². The predicted octanol–water partition coefficient (Wildman–Crippen LogP) is 3.91. The summed E-state index contributed by atoms with van der Waals surface area (Å²) >= 11 is 0. The highest BCUT2D eigenvalue weighted by Gasteiger charge is 2.24. The molecule has 4 rings (SSSR count). The van der Waals surface area contributed by atoms with Gasteiger partial charge in [-0.15, -0.1) is 10.2 Å². The normalized spacial score (nSPS) is 13.5. The highest BCUT2D eigenvalue weighted by molar-refractivity contribution is 5.95. The second-order valence-electron chi connectivity index (χ2n) is 7.81. The van der Waals surface area contributed by atoms with Crippen molar-refractivity contribution in [2.24, 2.45) is 0 Å². The molecule has 178 valence electrons. The molecule has 0 N–H and O–H groups in total. The number of benzene rings is 2. The van der Waals surface area contributed by atoms with Gasteiger partial charge in [0.2, 0.25) is 0 Å². The van der Waals surface area contributed by atoms with E-state index in [1.54, 1.807) is 25.3 Å². The minimum absolute atomic E-state index is 0.00964. The van der Waals surface area contributed by atoms with Gasteiger partial charge in [0, 0.05) is 37.3 Å². The van der Waals surface area contributed by atoms with Gasteiger partial charge in [0.05, 0.1) is 26.0 Å². The number of carbonyl (C=O) groups excluding carboxylic acids is 1. The summed E-state index contributed by atoms with van der Waals surface area (Å²) in [5, 5.41) is 8.81. The Balaban J connectivity index is 1.38. The summed E-state index contributed by atoms with van der Waals surface area (Å²) in [7, 11) is 1.65. The molecule has 8 heteroatoms. The number of ether oxygens (including phenoxy) is 3. The van der Waals surface area contributed by atoms with Gasteiger partial charge in [0.15, 0.2) is 17.3 Å². The van der Waals surface area contributed by atoms with Crippen LogP contribution in [0.4, 0.5) is 5.82 Å². The third-order valence-corrected chi connectivity index (χ3v) is 5.72. The SMILES string of the molecule is CCOc1ccc(C(=O)N2CCN(c3ccc(-c4ccc(OC)cc4)nn3)CC2)cc1OCC. The Bertz CT molecular complexity index is 1090. The molecule has 0 spiro atoms. The zero-order valence-corrected chi connectivity index (χ0v) is 19.9. The number of nitrogens with zero attached hydrogens (tertiary/aromatic N) is 4. The van der Waals surface area contributed by atoms with Gasteiger partial charge in [-0.2, -0.15) is 0 Å². The maximum atomic E-state index is 13.1. The average molecular weight is 463 g/mol. The zero-order valence-electron chi connectivity index (χ0n) is 19.9. The van der Waals surface area contributed by atoms with Crippen molar-refractivity contribution in [2.75, 3.05) is 51.4 Å². The van der Waals surface area contributed by atoms with Gasteiger partial charge < -0.3 is 24.0 Å². The highest BCUT2D eigenvalue weighted by atomic mass is 16.5. The Morgan fingerprint density at radius 3 is 2.18 bits per heavy atom. The van der Waals surface area contributed by atoms with Crippen LogP contribution in [0.1, 0.15) is 24.2 Å². The lowest BCUT2D eigenvalue weighted by atomic mass is 10.1. The fourth-order valence-electron chi connectivity index (χ4n) is 3.91. The Morgan fingerprint density at radius 2 is 1.56 bits per heavy atom. The molecule has 0 atom stereocenters. The first-order valence-electron chi connectivity index (χ1n) is 11.5. The van der Waals surface area contributed by atoms with Crippen molar-refractivity contribution in [3.63, 3.8) is 0 Å². The van der Waals surface area contributed by atoms with Crippen LogP contribution in [0.2, 0.25) is 0 Å². The van der Waals surface area contributed by atoms with E-state index in [2.05, 4.69) is 15.1 Å². The summed E-state index contributed by atoms with van der Waals surface area (Å²) in [4.78, 5) is 17.1. The van der Waals surface area contributed by atoms with Crippen LogP contribution in [0.25, 0.3) is 11.3 Å². The molecule has 2 aromatic carbocycles. The average Bonchev–Trinajstić information content (AvgIpc) is 2.90. The first-order valence-corrected chi connectivity index (χ1v) is 11.5. The minimum atomic E-state index is -0.00964. The number of aromatic nitrogens is 2. The molecule has 0 saturated carbocycles. The third kappa shape index (κ3) is 5.22. The molecule has 1 aliphatic heterocycles. The third-order valence-electron chi connectivity index (χ3n) is 5.72.